The predicted octanol–water partition coefficient (Wildman–Crippen LogP) is 2.71. The molecule has 0 fully saturated rings. The predicted molar refractivity (Wildman–Crippen MR) is 67.4 cm³/mol. The molecule has 0 saturated carbocycles. The molecule has 0 heterocycles. The summed E-state index contributed by atoms with van der Waals surface area (Å²) < 4.78 is 61.3. The number of rotatable bonds is 2. The molecular weight excluding hydrogens is 370 g/mol. The molecule has 1 aromatic carbocycles. The van der Waals surface area contributed by atoms with Gasteiger partial charge in [0.1, 0.15) is 0 Å². The molecule has 0 bridgehead atoms. The lowest BCUT2D eigenvalue weighted by molar-refractivity contribution is -0.137. The minimum atomic E-state index is -4.49. The standard InChI is InChI=1S/C9H9F3INO2S/c1-14(17(2,15)16)8-5-6(9(10,11)12)3-4-7(8)13/h3-5H,1-2H3. The highest BCUT2D eigenvalue weighted by atomic mass is 127. The van der Waals surface area contributed by atoms with Crippen LogP contribution in [0.2, 0.25) is 0 Å². The van der Waals surface area contributed by atoms with Gasteiger partial charge >= 0.3 is 6.18 Å². The molecule has 1 aromatic rings. The van der Waals surface area contributed by atoms with Crippen LogP contribution in [-0.4, -0.2) is 21.7 Å². The second kappa shape index (κ2) is 4.63. The van der Waals surface area contributed by atoms with Crippen molar-refractivity contribution in [1.82, 2.24) is 0 Å². The molecule has 0 aliphatic heterocycles. The van der Waals surface area contributed by atoms with Crippen LogP contribution in [0.25, 0.3) is 0 Å². The van der Waals surface area contributed by atoms with E-state index < -0.39 is 21.8 Å². The summed E-state index contributed by atoms with van der Waals surface area (Å²) in [5.74, 6) is 0. The highest BCUT2D eigenvalue weighted by Gasteiger charge is 2.31. The first-order valence-corrected chi connectivity index (χ1v) is 7.27. The van der Waals surface area contributed by atoms with Crippen molar-refractivity contribution in [2.24, 2.45) is 0 Å². The molecule has 0 unspecified atom stereocenters. The summed E-state index contributed by atoms with van der Waals surface area (Å²) in [7, 11) is -2.36. The van der Waals surface area contributed by atoms with Gasteiger partial charge in [0.05, 0.1) is 17.5 Å². The fourth-order valence-electron chi connectivity index (χ4n) is 1.11. The van der Waals surface area contributed by atoms with E-state index in [0.717, 1.165) is 22.7 Å². The van der Waals surface area contributed by atoms with Crippen LogP contribution in [0, 0.1) is 3.57 Å². The first-order valence-electron chi connectivity index (χ1n) is 4.34. The Morgan fingerprint density at radius 1 is 1.29 bits per heavy atom. The molecule has 1 rings (SSSR count). The zero-order valence-corrected chi connectivity index (χ0v) is 11.9. The van der Waals surface area contributed by atoms with E-state index >= 15 is 0 Å². The van der Waals surface area contributed by atoms with E-state index in [1.165, 1.54) is 13.1 Å². The Morgan fingerprint density at radius 2 is 1.82 bits per heavy atom. The molecule has 0 saturated heterocycles. The number of sulfonamides is 1. The third-order valence-corrected chi connectivity index (χ3v) is 4.21. The average Bonchev–Trinajstić information content (AvgIpc) is 2.14. The number of nitrogens with zero attached hydrogens (tertiary/aromatic N) is 1. The number of halogens is 4. The van der Waals surface area contributed by atoms with Crippen molar-refractivity contribution >= 4 is 38.3 Å². The van der Waals surface area contributed by atoms with Crippen LogP contribution in [0.15, 0.2) is 18.2 Å². The summed E-state index contributed by atoms with van der Waals surface area (Å²) in [4.78, 5) is 0. The highest BCUT2D eigenvalue weighted by molar-refractivity contribution is 14.1. The lowest BCUT2D eigenvalue weighted by atomic mass is 10.2. The lowest BCUT2D eigenvalue weighted by Gasteiger charge is -2.19. The van der Waals surface area contributed by atoms with Gasteiger partial charge in [0.15, 0.2) is 0 Å². The first kappa shape index (κ1) is 14.6. The van der Waals surface area contributed by atoms with Crippen LogP contribution < -0.4 is 4.31 Å². The maximum atomic E-state index is 12.5. The van der Waals surface area contributed by atoms with Gasteiger partial charge in [-0.15, -0.1) is 0 Å². The van der Waals surface area contributed by atoms with Gasteiger partial charge in [0.25, 0.3) is 0 Å². The SMILES string of the molecule is CN(c1cc(C(F)(F)F)ccc1I)S(C)(=O)=O. The summed E-state index contributed by atoms with van der Waals surface area (Å²) >= 11 is 1.79. The quantitative estimate of drug-likeness (QED) is 0.742. The summed E-state index contributed by atoms with van der Waals surface area (Å²) in [6, 6.07) is 2.98. The normalized spacial score (nSPS) is 12.6. The van der Waals surface area contributed by atoms with Gasteiger partial charge in [-0.2, -0.15) is 13.2 Å². The summed E-state index contributed by atoms with van der Waals surface area (Å²) in [5, 5.41) is 0. The molecule has 8 heteroatoms. The number of benzene rings is 1. The fraction of sp³-hybridized carbons (Fsp3) is 0.333. The Morgan fingerprint density at radius 3 is 2.24 bits per heavy atom. The minimum absolute atomic E-state index is 0.0166. The van der Waals surface area contributed by atoms with Gasteiger partial charge in [-0.1, -0.05) is 0 Å². The summed E-state index contributed by atoms with van der Waals surface area (Å²) in [6.45, 7) is 0. The van der Waals surface area contributed by atoms with E-state index in [9.17, 15) is 21.6 Å². The van der Waals surface area contributed by atoms with E-state index in [4.69, 9.17) is 0 Å². The van der Waals surface area contributed by atoms with Crippen molar-refractivity contribution in [3.05, 3.63) is 27.3 Å². The maximum Gasteiger partial charge on any atom is 0.416 e. The fourth-order valence-corrected chi connectivity index (χ4v) is 2.48. The Labute approximate surface area is 111 Å². The van der Waals surface area contributed by atoms with Crippen LogP contribution in [0.3, 0.4) is 0 Å². The molecule has 0 radical (unpaired) electrons. The Kier molecular flexibility index (Phi) is 3.97. The Balaban J connectivity index is 3.35. The second-order valence-corrected chi connectivity index (χ2v) is 6.57. The molecule has 0 amide bonds. The van der Waals surface area contributed by atoms with E-state index in [-0.39, 0.29) is 5.69 Å². The van der Waals surface area contributed by atoms with Crippen LogP contribution in [0.5, 0.6) is 0 Å². The van der Waals surface area contributed by atoms with Crippen LogP contribution >= 0.6 is 22.6 Å². The monoisotopic (exact) mass is 379 g/mol. The molecule has 0 aliphatic rings. The summed E-state index contributed by atoms with van der Waals surface area (Å²) in [5.41, 5.74) is -0.855. The molecule has 0 spiro atoms. The van der Waals surface area contributed by atoms with Crippen molar-refractivity contribution in [3.8, 4) is 0 Å². The van der Waals surface area contributed by atoms with Crippen molar-refractivity contribution in [2.45, 2.75) is 6.18 Å². The van der Waals surface area contributed by atoms with E-state index in [1.54, 1.807) is 22.6 Å². The van der Waals surface area contributed by atoms with Gasteiger partial charge in [-0.05, 0) is 40.8 Å². The number of hydrogen-bond donors (Lipinski definition) is 0. The van der Waals surface area contributed by atoms with E-state index in [0.29, 0.717) is 3.57 Å². The van der Waals surface area contributed by atoms with Gasteiger partial charge in [0.2, 0.25) is 10.0 Å². The van der Waals surface area contributed by atoms with E-state index in [1.807, 2.05) is 0 Å². The summed E-state index contributed by atoms with van der Waals surface area (Å²) in [6.07, 6.45) is -3.55. The third-order valence-electron chi connectivity index (χ3n) is 2.11. The van der Waals surface area contributed by atoms with Crippen LogP contribution in [-0.2, 0) is 16.2 Å². The molecule has 0 aromatic heterocycles. The molecule has 0 N–H and O–H groups in total. The average molecular weight is 379 g/mol. The topological polar surface area (TPSA) is 37.4 Å². The largest absolute Gasteiger partial charge is 0.416 e. The lowest BCUT2D eigenvalue weighted by Crippen LogP contribution is -2.26. The maximum absolute atomic E-state index is 12.5. The molecule has 3 nitrogen and oxygen atoms in total. The van der Waals surface area contributed by atoms with Crippen molar-refractivity contribution in [3.63, 3.8) is 0 Å². The van der Waals surface area contributed by atoms with Gasteiger partial charge in [-0.3, -0.25) is 4.31 Å². The molecule has 0 aliphatic carbocycles. The number of alkyl halides is 3. The zero-order valence-electron chi connectivity index (χ0n) is 8.92. The molecule has 17 heavy (non-hydrogen) atoms. The molecule has 96 valence electrons. The van der Waals surface area contributed by atoms with Crippen LogP contribution in [0.4, 0.5) is 18.9 Å². The number of anilines is 1. The second-order valence-electron chi connectivity index (χ2n) is 3.39. The Hall–Kier alpha value is -0.510. The Bertz CT molecular complexity index is 528. The third kappa shape index (κ3) is 3.47. The van der Waals surface area contributed by atoms with Crippen LogP contribution in [0.1, 0.15) is 5.56 Å². The van der Waals surface area contributed by atoms with Gasteiger partial charge in [0, 0.05) is 10.6 Å². The first-order chi connectivity index (χ1) is 7.53. The van der Waals surface area contributed by atoms with Crippen molar-refractivity contribution in [1.29, 1.82) is 0 Å². The van der Waals surface area contributed by atoms with Crippen molar-refractivity contribution in [2.75, 3.05) is 17.6 Å². The zero-order chi connectivity index (χ0) is 13.4. The number of hydrogen-bond acceptors (Lipinski definition) is 2. The van der Waals surface area contributed by atoms with Crippen molar-refractivity contribution < 1.29 is 21.6 Å². The van der Waals surface area contributed by atoms with E-state index in [2.05, 4.69) is 0 Å². The minimum Gasteiger partial charge on any atom is -0.272 e. The van der Waals surface area contributed by atoms with Gasteiger partial charge < -0.3 is 0 Å². The molecule has 0 atom stereocenters. The van der Waals surface area contributed by atoms with Gasteiger partial charge in [-0.25, -0.2) is 8.42 Å². The molecular formula is C9H9F3INO2S. The smallest absolute Gasteiger partial charge is 0.272 e. The highest BCUT2D eigenvalue weighted by Crippen LogP contribution is 2.34.